The molecule has 1 aromatic heterocycles. The van der Waals surface area contributed by atoms with Gasteiger partial charge in [-0.1, -0.05) is 19.9 Å². The molecule has 1 aromatic carbocycles. The summed E-state index contributed by atoms with van der Waals surface area (Å²) in [6.07, 6.45) is 6.80. The fourth-order valence-electron chi connectivity index (χ4n) is 4.25. The molecule has 0 saturated heterocycles. The minimum absolute atomic E-state index is 0.0651. The molecule has 0 amide bonds. The Labute approximate surface area is 180 Å². The monoisotopic (exact) mass is 409 g/mol. The van der Waals surface area contributed by atoms with Crippen LogP contribution >= 0.6 is 0 Å². The quantitative estimate of drug-likeness (QED) is 0.606. The number of carbonyl (C=O) groups is 1. The Morgan fingerprint density at radius 3 is 2.37 bits per heavy atom. The van der Waals surface area contributed by atoms with Crippen molar-refractivity contribution in [2.75, 3.05) is 11.9 Å². The van der Waals surface area contributed by atoms with E-state index in [0.717, 1.165) is 42.2 Å². The van der Waals surface area contributed by atoms with Gasteiger partial charge in [0, 0.05) is 11.6 Å². The van der Waals surface area contributed by atoms with Gasteiger partial charge in [0.15, 0.2) is 0 Å². The van der Waals surface area contributed by atoms with Gasteiger partial charge in [-0.05, 0) is 82.1 Å². The van der Waals surface area contributed by atoms with Crippen molar-refractivity contribution in [1.29, 1.82) is 0 Å². The molecule has 0 radical (unpaired) electrons. The molecule has 0 fully saturated rings. The van der Waals surface area contributed by atoms with Crippen molar-refractivity contribution in [3.8, 4) is 11.3 Å². The fraction of sp³-hybridized carbons (Fsp3) is 0.560. The summed E-state index contributed by atoms with van der Waals surface area (Å²) < 4.78 is 5.07. The highest BCUT2D eigenvalue weighted by atomic mass is 16.5. The van der Waals surface area contributed by atoms with Crippen LogP contribution in [0.5, 0.6) is 0 Å². The maximum absolute atomic E-state index is 11.8. The lowest BCUT2D eigenvalue weighted by atomic mass is 9.87. The lowest BCUT2D eigenvalue weighted by Gasteiger charge is -2.21. The van der Waals surface area contributed by atoms with Crippen LogP contribution in [0.3, 0.4) is 0 Å². The van der Waals surface area contributed by atoms with Gasteiger partial charge in [-0.2, -0.15) is 0 Å². The second-order valence-corrected chi connectivity index (χ2v) is 8.22. The molecule has 0 spiro atoms. The number of aromatic nitrogens is 2. The van der Waals surface area contributed by atoms with Crippen LogP contribution in [0, 0.1) is 6.92 Å². The Bertz CT molecular complexity index is 908. The number of aryl methyl sites for hydroxylation is 5. The first-order valence-corrected chi connectivity index (χ1v) is 11.4. The maximum Gasteiger partial charge on any atom is 0.307 e. The van der Waals surface area contributed by atoms with Crippen LogP contribution in [-0.2, 0) is 35.2 Å². The Morgan fingerprint density at radius 2 is 1.73 bits per heavy atom. The zero-order chi connectivity index (χ0) is 21.7. The van der Waals surface area contributed by atoms with Crippen LogP contribution in [0.1, 0.15) is 75.0 Å². The molecule has 1 aliphatic carbocycles. The van der Waals surface area contributed by atoms with Crippen LogP contribution in [0.4, 0.5) is 5.82 Å². The van der Waals surface area contributed by atoms with Gasteiger partial charge in [0.1, 0.15) is 5.82 Å². The number of benzene rings is 1. The minimum atomic E-state index is -0.194. The summed E-state index contributed by atoms with van der Waals surface area (Å²) in [5, 5.41) is 3.39. The number of esters is 1. The molecular formula is C25H35N3O2. The van der Waals surface area contributed by atoms with Crippen LogP contribution in [0.15, 0.2) is 12.1 Å². The Kier molecular flexibility index (Phi) is 7.46. The van der Waals surface area contributed by atoms with E-state index in [-0.39, 0.29) is 12.0 Å². The van der Waals surface area contributed by atoms with Gasteiger partial charge in [-0.3, -0.25) is 4.79 Å². The highest BCUT2D eigenvalue weighted by molar-refractivity contribution is 5.71. The van der Waals surface area contributed by atoms with Crippen molar-refractivity contribution >= 4 is 11.8 Å². The third kappa shape index (κ3) is 5.00. The maximum atomic E-state index is 11.8. The van der Waals surface area contributed by atoms with Gasteiger partial charge in [0.05, 0.1) is 30.1 Å². The number of nitrogens with one attached hydrogen (secondary N) is 1. The summed E-state index contributed by atoms with van der Waals surface area (Å²) in [6.45, 7) is 10.6. The Hall–Kier alpha value is -2.43. The van der Waals surface area contributed by atoms with E-state index in [2.05, 4.69) is 38.2 Å². The molecule has 1 atom stereocenters. The second kappa shape index (κ2) is 10.1. The van der Waals surface area contributed by atoms with Crippen LogP contribution in [-0.4, -0.2) is 28.6 Å². The van der Waals surface area contributed by atoms with E-state index in [9.17, 15) is 4.79 Å². The Morgan fingerprint density at radius 1 is 1.07 bits per heavy atom. The standard InChI is InChI=1S/C25H35N3O2/c1-6-21-24(20-15-19-12-10-9-11-18(19)13-16(20)4)27-22(7-2)25(28-21)26-17(5)14-23(29)30-8-3/h13,15,17H,6-12,14H2,1-5H3,(H,26,28). The highest BCUT2D eigenvalue weighted by Gasteiger charge is 2.19. The fourth-order valence-corrected chi connectivity index (χ4v) is 4.25. The zero-order valence-electron chi connectivity index (χ0n) is 19.1. The smallest absolute Gasteiger partial charge is 0.307 e. The molecule has 2 aromatic rings. The largest absolute Gasteiger partial charge is 0.466 e. The van der Waals surface area contributed by atoms with Crippen LogP contribution < -0.4 is 5.32 Å². The second-order valence-electron chi connectivity index (χ2n) is 8.22. The molecule has 0 aliphatic heterocycles. The third-order valence-electron chi connectivity index (χ3n) is 5.82. The number of rotatable bonds is 8. The van der Waals surface area contributed by atoms with E-state index in [4.69, 9.17) is 14.7 Å². The number of fused-ring (bicyclic) bond motifs is 1. The van der Waals surface area contributed by atoms with Crippen molar-refractivity contribution < 1.29 is 9.53 Å². The summed E-state index contributed by atoms with van der Waals surface area (Å²) in [7, 11) is 0. The molecule has 5 heteroatoms. The minimum Gasteiger partial charge on any atom is -0.466 e. The van der Waals surface area contributed by atoms with Crippen molar-refractivity contribution in [3.05, 3.63) is 40.2 Å². The number of hydrogen-bond donors (Lipinski definition) is 1. The van der Waals surface area contributed by atoms with Crippen molar-refractivity contribution in [2.24, 2.45) is 0 Å². The summed E-state index contributed by atoms with van der Waals surface area (Å²) in [5.41, 5.74) is 8.39. The molecule has 0 saturated carbocycles. The predicted octanol–water partition coefficient (Wildman–Crippen LogP) is 5.21. The van der Waals surface area contributed by atoms with Gasteiger partial charge >= 0.3 is 5.97 Å². The molecule has 162 valence electrons. The summed E-state index contributed by atoms with van der Waals surface area (Å²) in [6, 6.07) is 4.64. The molecule has 1 unspecified atom stereocenters. The normalized spacial score (nSPS) is 14.2. The molecular weight excluding hydrogens is 374 g/mol. The molecule has 3 rings (SSSR count). The van der Waals surface area contributed by atoms with Crippen molar-refractivity contribution in [3.63, 3.8) is 0 Å². The number of anilines is 1. The number of nitrogens with zero attached hydrogens (tertiary/aromatic N) is 2. The van der Waals surface area contributed by atoms with Gasteiger partial charge in [-0.15, -0.1) is 0 Å². The summed E-state index contributed by atoms with van der Waals surface area (Å²) in [4.78, 5) is 21.8. The molecule has 1 aliphatic rings. The topological polar surface area (TPSA) is 64.1 Å². The first-order chi connectivity index (χ1) is 14.5. The van der Waals surface area contributed by atoms with E-state index in [1.165, 1.54) is 41.5 Å². The van der Waals surface area contributed by atoms with Crippen LogP contribution in [0.2, 0.25) is 0 Å². The first-order valence-electron chi connectivity index (χ1n) is 11.4. The number of carbonyl (C=O) groups excluding carboxylic acids is 1. The van der Waals surface area contributed by atoms with Crippen LogP contribution in [0.25, 0.3) is 11.3 Å². The Balaban J connectivity index is 1.95. The summed E-state index contributed by atoms with van der Waals surface area (Å²) in [5.74, 6) is 0.589. The van der Waals surface area contributed by atoms with Gasteiger partial charge in [-0.25, -0.2) is 9.97 Å². The SMILES string of the molecule is CCOC(=O)CC(C)Nc1nc(CC)c(-c2cc3c(cc2C)CCCC3)nc1CC. The molecule has 0 bridgehead atoms. The predicted molar refractivity (Wildman–Crippen MR) is 122 cm³/mol. The molecule has 30 heavy (non-hydrogen) atoms. The first kappa shape index (κ1) is 22.3. The van der Waals surface area contributed by atoms with Gasteiger partial charge < -0.3 is 10.1 Å². The third-order valence-corrected chi connectivity index (χ3v) is 5.82. The van der Waals surface area contributed by atoms with E-state index in [0.29, 0.717) is 13.0 Å². The van der Waals surface area contributed by atoms with E-state index in [1.54, 1.807) is 0 Å². The molecule has 1 N–H and O–H groups in total. The average molecular weight is 410 g/mol. The van der Waals surface area contributed by atoms with Crippen molar-refractivity contribution in [2.45, 2.75) is 85.6 Å². The lowest BCUT2D eigenvalue weighted by Crippen LogP contribution is -2.23. The van der Waals surface area contributed by atoms with Gasteiger partial charge in [0.25, 0.3) is 0 Å². The zero-order valence-corrected chi connectivity index (χ0v) is 19.1. The van der Waals surface area contributed by atoms with E-state index >= 15 is 0 Å². The number of hydrogen-bond acceptors (Lipinski definition) is 5. The highest BCUT2D eigenvalue weighted by Crippen LogP contribution is 2.32. The van der Waals surface area contributed by atoms with Crippen molar-refractivity contribution in [1.82, 2.24) is 9.97 Å². The van der Waals surface area contributed by atoms with E-state index < -0.39 is 0 Å². The molecule has 5 nitrogen and oxygen atoms in total. The van der Waals surface area contributed by atoms with Gasteiger partial charge in [0.2, 0.25) is 0 Å². The lowest BCUT2D eigenvalue weighted by molar-refractivity contribution is -0.143. The number of ether oxygens (including phenoxy) is 1. The van der Waals surface area contributed by atoms with E-state index in [1.807, 2.05) is 13.8 Å². The summed E-state index contributed by atoms with van der Waals surface area (Å²) >= 11 is 0. The average Bonchev–Trinajstić information content (AvgIpc) is 2.73. The molecule has 1 heterocycles.